The normalized spacial score (nSPS) is 18.9. The first-order valence-corrected chi connectivity index (χ1v) is 6.82. The standard InChI is InChI=1S/C13H26N2O3/c1-3-18-13(16)12(14)4-7-15(2)10-11-5-8-17-9-6-11/h11-12H,3-10,14H2,1-2H3. The number of nitrogens with two attached hydrogens (primary N) is 1. The largest absolute Gasteiger partial charge is 0.465 e. The smallest absolute Gasteiger partial charge is 0.322 e. The molecule has 0 aliphatic carbocycles. The number of carbonyl (C=O) groups excluding carboxylic acids is 1. The molecule has 1 rings (SSSR count). The van der Waals surface area contributed by atoms with E-state index in [4.69, 9.17) is 15.2 Å². The maximum Gasteiger partial charge on any atom is 0.322 e. The quantitative estimate of drug-likeness (QED) is 0.678. The van der Waals surface area contributed by atoms with E-state index in [0.717, 1.165) is 39.1 Å². The van der Waals surface area contributed by atoms with Gasteiger partial charge in [-0.3, -0.25) is 4.79 Å². The average molecular weight is 258 g/mol. The number of carbonyl (C=O) groups is 1. The number of hydrogen-bond donors (Lipinski definition) is 1. The highest BCUT2D eigenvalue weighted by molar-refractivity contribution is 5.75. The molecule has 5 nitrogen and oxygen atoms in total. The molecule has 1 aliphatic heterocycles. The van der Waals surface area contributed by atoms with Gasteiger partial charge in [0, 0.05) is 19.8 Å². The van der Waals surface area contributed by atoms with E-state index in [0.29, 0.717) is 18.9 Å². The first kappa shape index (κ1) is 15.4. The maximum absolute atomic E-state index is 11.4. The van der Waals surface area contributed by atoms with Crippen molar-refractivity contribution in [3.63, 3.8) is 0 Å². The second kappa shape index (κ2) is 8.45. The van der Waals surface area contributed by atoms with Crippen LogP contribution < -0.4 is 5.73 Å². The van der Waals surface area contributed by atoms with Crippen molar-refractivity contribution < 1.29 is 14.3 Å². The summed E-state index contributed by atoms with van der Waals surface area (Å²) in [7, 11) is 2.08. The predicted octanol–water partition coefficient (Wildman–Crippen LogP) is 0.625. The van der Waals surface area contributed by atoms with Crippen LogP contribution in [0.4, 0.5) is 0 Å². The minimum atomic E-state index is -0.498. The number of rotatable bonds is 7. The Hall–Kier alpha value is -0.650. The number of nitrogens with zero attached hydrogens (tertiary/aromatic N) is 1. The summed E-state index contributed by atoms with van der Waals surface area (Å²) in [6.07, 6.45) is 2.92. The highest BCUT2D eigenvalue weighted by atomic mass is 16.5. The van der Waals surface area contributed by atoms with Gasteiger partial charge >= 0.3 is 5.97 Å². The van der Waals surface area contributed by atoms with Crippen LogP contribution in [0.2, 0.25) is 0 Å². The van der Waals surface area contributed by atoms with Gasteiger partial charge in [-0.2, -0.15) is 0 Å². The molecule has 0 aromatic heterocycles. The molecule has 0 amide bonds. The fourth-order valence-corrected chi connectivity index (χ4v) is 2.19. The van der Waals surface area contributed by atoms with E-state index in [9.17, 15) is 4.79 Å². The summed E-state index contributed by atoms with van der Waals surface area (Å²) in [5, 5.41) is 0. The SMILES string of the molecule is CCOC(=O)C(N)CCN(C)CC1CCOCC1. The molecular formula is C13H26N2O3. The van der Waals surface area contributed by atoms with Crippen molar-refractivity contribution in [1.82, 2.24) is 4.90 Å². The minimum Gasteiger partial charge on any atom is -0.465 e. The van der Waals surface area contributed by atoms with Gasteiger partial charge in [-0.05, 0) is 45.7 Å². The lowest BCUT2D eigenvalue weighted by atomic mass is 10.00. The van der Waals surface area contributed by atoms with Crippen LogP contribution in [-0.4, -0.2) is 56.9 Å². The Kier molecular flexibility index (Phi) is 7.23. The van der Waals surface area contributed by atoms with Crippen molar-refractivity contribution in [2.24, 2.45) is 11.7 Å². The van der Waals surface area contributed by atoms with Crippen molar-refractivity contribution in [3.05, 3.63) is 0 Å². The van der Waals surface area contributed by atoms with Gasteiger partial charge in [0.05, 0.1) is 6.61 Å². The zero-order chi connectivity index (χ0) is 13.4. The summed E-state index contributed by atoms with van der Waals surface area (Å²) in [5.74, 6) is 0.416. The van der Waals surface area contributed by atoms with E-state index in [-0.39, 0.29) is 5.97 Å². The first-order valence-electron chi connectivity index (χ1n) is 6.82. The number of esters is 1. The highest BCUT2D eigenvalue weighted by Gasteiger charge is 2.18. The van der Waals surface area contributed by atoms with Crippen LogP contribution in [0.1, 0.15) is 26.2 Å². The second-order valence-corrected chi connectivity index (χ2v) is 4.97. The van der Waals surface area contributed by atoms with Crippen LogP contribution in [0.25, 0.3) is 0 Å². The molecule has 1 atom stereocenters. The summed E-state index contributed by atoms with van der Waals surface area (Å²) in [6, 6.07) is -0.498. The molecule has 106 valence electrons. The van der Waals surface area contributed by atoms with Gasteiger partial charge in [0.15, 0.2) is 0 Å². The summed E-state index contributed by atoms with van der Waals surface area (Å²) in [6.45, 7) is 5.82. The van der Waals surface area contributed by atoms with Crippen LogP contribution in [0.5, 0.6) is 0 Å². The second-order valence-electron chi connectivity index (χ2n) is 4.97. The first-order chi connectivity index (χ1) is 8.63. The zero-order valence-corrected chi connectivity index (χ0v) is 11.6. The van der Waals surface area contributed by atoms with Gasteiger partial charge in [0.1, 0.15) is 6.04 Å². The Morgan fingerprint density at radius 3 is 2.78 bits per heavy atom. The Morgan fingerprint density at radius 2 is 2.17 bits per heavy atom. The van der Waals surface area contributed by atoms with Gasteiger partial charge in [0.25, 0.3) is 0 Å². The fourth-order valence-electron chi connectivity index (χ4n) is 2.19. The maximum atomic E-state index is 11.4. The molecule has 0 aromatic carbocycles. The van der Waals surface area contributed by atoms with Crippen LogP contribution in [0, 0.1) is 5.92 Å². The molecule has 0 spiro atoms. The van der Waals surface area contributed by atoms with E-state index in [2.05, 4.69) is 11.9 Å². The Balaban J connectivity index is 2.15. The summed E-state index contributed by atoms with van der Waals surface area (Å²) < 4.78 is 10.2. The molecule has 0 radical (unpaired) electrons. The number of hydrogen-bond acceptors (Lipinski definition) is 5. The van der Waals surface area contributed by atoms with Crippen molar-refractivity contribution in [2.75, 3.05) is 40.0 Å². The number of ether oxygens (including phenoxy) is 2. The molecule has 5 heteroatoms. The van der Waals surface area contributed by atoms with Gasteiger partial charge in [-0.1, -0.05) is 0 Å². The Labute approximate surface area is 110 Å². The third-order valence-corrected chi connectivity index (χ3v) is 3.32. The highest BCUT2D eigenvalue weighted by Crippen LogP contribution is 2.15. The monoisotopic (exact) mass is 258 g/mol. The fraction of sp³-hybridized carbons (Fsp3) is 0.923. The molecule has 1 aliphatic rings. The Bertz CT molecular complexity index is 242. The summed E-state index contributed by atoms with van der Waals surface area (Å²) in [4.78, 5) is 13.6. The van der Waals surface area contributed by atoms with E-state index < -0.39 is 6.04 Å². The average Bonchev–Trinajstić information content (AvgIpc) is 2.37. The lowest BCUT2D eigenvalue weighted by Crippen LogP contribution is -2.37. The summed E-state index contributed by atoms with van der Waals surface area (Å²) >= 11 is 0. The van der Waals surface area contributed by atoms with Crippen LogP contribution >= 0.6 is 0 Å². The molecule has 0 bridgehead atoms. The zero-order valence-electron chi connectivity index (χ0n) is 11.6. The van der Waals surface area contributed by atoms with Crippen LogP contribution in [0.3, 0.4) is 0 Å². The molecule has 1 unspecified atom stereocenters. The van der Waals surface area contributed by atoms with Gasteiger partial charge in [-0.25, -0.2) is 0 Å². The van der Waals surface area contributed by atoms with Crippen LogP contribution in [-0.2, 0) is 14.3 Å². The van der Waals surface area contributed by atoms with Crippen molar-refractivity contribution >= 4 is 5.97 Å². The molecule has 0 aromatic rings. The molecule has 1 heterocycles. The van der Waals surface area contributed by atoms with Crippen molar-refractivity contribution in [2.45, 2.75) is 32.2 Å². The molecule has 1 fully saturated rings. The van der Waals surface area contributed by atoms with Gasteiger partial charge < -0.3 is 20.1 Å². The third-order valence-electron chi connectivity index (χ3n) is 3.32. The third kappa shape index (κ3) is 5.80. The predicted molar refractivity (Wildman–Crippen MR) is 70.3 cm³/mol. The molecule has 18 heavy (non-hydrogen) atoms. The molecule has 2 N–H and O–H groups in total. The van der Waals surface area contributed by atoms with E-state index in [1.54, 1.807) is 6.92 Å². The van der Waals surface area contributed by atoms with Crippen molar-refractivity contribution in [1.29, 1.82) is 0 Å². The molecular weight excluding hydrogens is 232 g/mol. The lowest BCUT2D eigenvalue weighted by Gasteiger charge is -2.27. The van der Waals surface area contributed by atoms with Crippen LogP contribution in [0.15, 0.2) is 0 Å². The summed E-state index contributed by atoms with van der Waals surface area (Å²) in [5.41, 5.74) is 5.76. The lowest BCUT2D eigenvalue weighted by molar-refractivity contribution is -0.144. The Morgan fingerprint density at radius 1 is 1.50 bits per heavy atom. The minimum absolute atomic E-state index is 0.294. The van der Waals surface area contributed by atoms with Crippen molar-refractivity contribution in [3.8, 4) is 0 Å². The van der Waals surface area contributed by atoms with E-state index >= 15 is 0 Å². The van der Waals surface area contributed by atoms with E-state index in [1.165, 1.54) is 0 Å². The topological polar surface area (TPSA) is 64.8 Å². The molecule has 1 saturated heterocycles. The molecule has 0 saturated carbocycles. The van der Waals surface area contributed by atoms with E-state index in [1.807, 2.05) is 0 Å². The van der Waals surface area contributed by atoms with Gasteiger partial charge in [-0.15, -0.1) is 0 Å². The van der Waals surface area contributed by atoms with Gasteiger partial charge in [0.2, 0.25) is 0 Å².